The van der Waals surface area contributed by atoms with Crippen LogP contribution in [0.5, 0.6) is 0 Å². The van der Waals surface area contributed by atoms with E-state index in [0.717, 1.165) is 22.4 Å². The summed E-state index contributed by atoms with van der Waals surface area (Å²) in [5, 5.41) is 1.06. The maximum atomic E-state index is 12.4. The number of benzene rings is 2. The van der Waals surface area contributed by atoms with Crippen molar-refractivity contribution >= 4 is 29.0 Å². The van der Waals surface area contributed by atoms with Gasteiger partial charge >= 0.3 is 0 Å². The molecule has 0 aliphatic rings. The number of halogens is 2. The van der Waals surface area contributed by atoms with E-state index in [1.807, 2.05) is 43.3 Å². The second-order valence-corrected chi connectivity index (χ2v) is 6.79. The van der Waals surface area contributed by atoms with Gasteiger partial charge < -0.3 is 0 Å². The number of ketones is 1. The lowest BCUT2D eigenvalue weighted by atomic mass is 9.99. The second-order valence-electron chi connectivity index (χ2n) is 5.98. The van der Waals surface area contributed by atoms with Crippen LogP contribution in [0, 0.1) is 6.92 Å². The first-order valence-corrected chi connectivity index (χ1v) is 8.75. The summed E-state index contributed by atoms with van der Waals surface area (Å²) in [4.78, 5) is 16.6. The van der Waals surface area contributed by atoms with Gasteiger partial charge in [0.05, 0.1) is 0 Å². The molecule has 0 saturated heterocycles. The van der Waals surface area contributed by atoms with Crippen LogP contribution < -0.4 is 0 Å². The molecule has 25 heavy (non-hydrogen) atoms. The third-order valence-corrected chi connectivity index (χ3v) is 4.73. The van der Waals surface area contributed by atoms with Crippen LogP contribution in [0.3, 0.4) is 0 Å². The lowest BCUT2D eigenvalue weighted by molar-refractivity contribution is -0.117. The molecule has 0 saturated carbocycles. The van der Waals surface area contributed by atoms with Crippen molar-refractivity contribution in [2.75, 3.05) is 0 Å². The summed E-state index contributed by atoms with van der Waals surface area (Å²) in [7, 11) is 0. The van der Waals surface area contributed by atoms with E-state index in [4.69, 9.17) is 23.2 Å². The minimum Gasteiger partial charge on any atom is -0.299 e. The Morgan fingerprint density at radius 2 is 1.60 bits per heavy atom. The van der Waals surface area contributed by atoms with Crippen molar-refractivity contribution in [2.45, 2.75) is 19.8 Å². The predicted octanol–water partition coefficient (Wildman–Crippen LogP) is 5.72. The van der Waals surface area contributed by atoms with E-state index in [-0.39, 0.29) is 12.2 Å². The standard InChI is InChI=1S/C21H17Cl2NO/c1-14-11-17(9-10-24-14)16-7-5-15(6-8-16)12-18(25)13-19-20(22)3-2-4-21(19)23/h2-11H,12-13H2,1H3. The van der Waals surface area contributed by atoms with Crippen LogP contribution in [0.2, 0.25) is 10.0 Å². The molecule has 3 rings (SSSR count). The Labute approximate surface area is 157 Å². The summed E-state index contributed by atoms with van der Waals surface area (Å²) in [6.07, 6.45) is 2.40. The van der Waals surface area contributed by atoms with Crippen molar-refractivity contribution in [3.8, 4) is 11.1 Å². The van der Waals surface area contributed by atoms with Gasteiger partial charge in [-0.3, -0.25) is 9.78 Å². The van der Waals surface area contributed by atoms with E-state index < -0.39 is 0 Å². The molecule has 0 N–H and O–H groups in total. The van der Waals surface area contributed by atoms with E-state index in [1.54, 1.807) is 24.4 Å². The zero-order valence-electron chi connectivity index (χ0n) is 13.8. The van der Waals surface area contributed by atoms with Crippen molar-refractivity contribution in [1.29, 1.82) is 0 Å². The molecule has 0 amide bonds. The van der Waals surface area contributed by atoms with Crippen molar-refractivity contribution in [1.82, 2.24) is 4.98 Å². The van der Waals surface area contributed by atoms with Crippen LogP contribution in [0.25, 0.3) is 11.1 Å². The third kappa shape index (κ3) is 4.47. The van der Waals surface area contributed by atoms with Crippen LogP contribution >= 0.6 is 23.2 Å². The maximum Gasteiger partial charge on any atom is 0.141 e. The fourth-order valence-corrected chi connectivity index (χ4v) is 3.26. The van der Waals surface area contributed by atoms with Crippen LogP contribution in [-0.4, -0.2) is 10.8 Å². The first-order chi connectivity index (χ1) is 12.0. The molecular weight excluding hydrogens is 353 g/mol. The minimum atomic E-state index is 0.0857. The Balaban J connectivity index is 1.70. The van der Waals surface area contributed by atoms with Gasteiger partial charge in [-0.15, -0.1) is 0 Å². The molecule has 0 unspecified atom stereocenters. The SMILES string of the molecule is Cc1cc(-c2ccc(CC(=O)Cc3c(Cl)cccc3Cl)cc2)ccn1. The number of pyridine rings is 1. The number of carbonyl (C=O) groups is 1. The molecule has 2 nitrogen and oxygen atoms in total. The molecule has 0 atom stereocenters. The van der Waals surface area contributed by atoms with Gasteiger partial charge in [-0.25, -0.2) is 0 Å². The third-order valence-electron chi connectivity index (χ3n) is 4.02. The van der Waals surface area contributed by atoms with Gasteiger partial charge in [0.15, 0.2) is 0 Å². The fourth-order valence-electron chi connectivity index (χ4n) is 2.73. The summed E-state index contributed by atoms with van der Waals surface area (Å²) >= 11 is 12.3. The normalized spacial score (nSPS) is 10.7. The van der Waals surface area contributed by atoms with Gasteiger partial charge in [-0.05, 0) is 53.4 Å². The summed E-state index contributed by atoms with van der Waals surface area (Å²) in [6, 6.07) is 17.3. The molecule has 2 aromatic carbocycles. The van der Waals surface area contributed by atoms with Crippen LogP contribution in [-0.2, 0) is 17.6 Å². The molecule has 0 spiro atoms. The Hall–Kier alpha value is -2.16. The van der Waals surface area contributed by atoms with Gasteiger partial charge in [-0.2, -0.15) is 0 Å². The zero-order chi connectivity index (χ0) is 17.8. The molecule has 0 bridgehead atoms. The summed E-state index contributed by atoms with van der Waals surface area (Å²) in [6.45, 7) is 1.97. The highest BCUT2D eigenvalue weighted by Crippen LogP contribution is 2.25. The average molecular weight is 370 g/mol. The van der Waals surface area contributed by atoms with Crippen molar-refractivity contribution in [3.05, 3.63) is 87.7 Å². The van der Waals surface area contributed by atoms with Gasteiger partial charge in [0, 0.05) is 34.8 Å². The molecule has 3 aromatic rings. The fraction of sp³-hybridized carbons (Fsp3) is 0.143. The molecule has 4 heteroatoms. The maximum absolute atomic E-state index is 12.4. The largest absolute Gasteiger partial charge is 0.299 e. The lowest BCUT2D eigenvalue weighted by Gasteiger charge is -2.07. The zero-order valence-corrected chi connectivity index (χ0v) is 15.3. The molecule has 0 fully saturated rings. The topological polar surface area (TPSA) is 30.0 Å². The highest BCUT2D eigenvalue weighted by atomic mass is 35.5. The van der Waals surface area contributed by atoms with Crippen molar-refractivity contribution in [2.24, 2.45) is 0 Å². The molecule has 0 aliphatic carbocycles. The molecule has 0 radical (unpaired) electrons. The number of rotatable bonds is 5. The minimum absolute atomic E-state index is 0.0857. The Kier molecular flexibility index (Phi) is 5.52. The van der Waals surface area contributed by atoms with Crippen molar-refractivity contribution in [3.63, 3.8) is 0 Å². The predicted molar refractivity (Wildman–Crippen MR) is 103 cm³/mol. The summed E-state index contributed by atoms with van der Waals surface area (Å²) in [5.74, 6) is 0.0857. The number of aromatic nitrogens is 1. The quantitative estimate of drug-likeness (QED) is 0.575. The van der Waals surface area contributed by atoms with Crippen LogP contribution in [0.4, 0.5) is 0 Å². The van der Waals surface area contributed by atoms with Gasteiger partial charge in [-0.1, -0.05) is 53.5 Å². The van der Waals surface area contributed by atoms with Gasteiger partial charge in [0.25, 0.3) is 0 Å². The number of hydrogen-bond donors (Lipinski definition) is 0. The molecule has 0 aliphatic heterocycles. The number of Topliss-reactive ketones (excluding diaryl/α,β-unsaturated/α-hetero) is 1. The summed E-state index contributed by atoms with van der Waals surface area (Å²) < 4.78 is 0. The first-order valence-electron chi connectivity index (χ1n) is 7.99. The number of aryl methyl sites for hydroxylation is 1. The van der Waals surface area contributed by atoms with E-state index in [2.05, 4.69) is 4.98 Å². The molecular formula is C21H17Cl2NO. The van der Waals surface area contributed by atoms with E-state index in [1.165, 1.54) is 0 Å². The Morgan fingerprint density at radius 1 is 0.920 bits per heavy atom. The van der Waals surface area contributed by atoms with E-state index in [9.17, 15) is 4.79 Å². The van der Waals surface area contributed by atoms with Gasteiger partial charge in [0.2, 0.25) is 0 Å². The van der Waals surface area contributed by atoms with Crippen molar-refractivity contribution < 1.29 is 4.79 Å². The van der Waals surface area contributed by atoms with Crippen LogP contribution in [0.15, 0.2) is 60.8 Å². The van der Waals surface area contributed by atoms with E-state index >= 15 is 0 Å². The Bertz CT molecular complexity index is 884. The highest BCUT2D eigenvalue weighted by Gasteiger charge is 2.11. The number of nitrogens with zero attached hydrogens (tertiary/aromatic N) is 1. The highest BCUT2D eigenvalue weighted by molar-refractivity contribution is 6.36. The van der Waals surface area contributed by atoms with Gasteiger partial charge in [0.1, 0.15) is 5.78 Å². The number of carbonyl (C=O) groups excluding carboxylic acids is 1. The summed E-state index contributed by atoms with van der Waals surface area (Å²) in [5.41, 5.74) is 4.87. The average Bonchev–Trinajstić information content (AvgIpc) is 2.59. The Morgan fingerprint density at radius 3 is 2.24 bits per heavy atom. The van der Waals surface area contributed by atoms with Crippen LogP contribution in [0.1, 0.15) is 16.8 Å². The molecule has 1 heterocycles. The monoisotopic (exact) mass is 369 g/mol. The molecule has 1 aromatic heterocycles. The molecule has 126 valence electrons. The first kappa shape index (κ1) is 17.7. The number of hydrogen-bond acceptors (Lipinski definition) is 2. The smallest absolute Gasteiger partial charge is 0.141 e. The van der Waals surface area contributed by atoms with E-state index in [0.29, 0.717) is 22.0 Å². The second kappa shape index (κ2) is 7.81. The lowest BCUT2D eigenvalue weighted by Crippen LogP contribution is -2.07.